The Balaban J connectivity index is 1.55. The highest BCUT2D eigenvalue weighted by Gasteiger charge is 2.31. The third-order valence-electron chi connectivity index (χ3n) is 4.76. The lowest BCUT2D eigenvalue weighted by atomic mass is 10.2. The van der Waals surface area contributed by atoms with E-state index < -0.39 is 6.36 Å². The van der Waals surface area contributed by atoms with E-state index in [1.54, 1.807) is 11.1 Å². The first-order valence-electron chi connectivity index (χ1n) is 9.38. The van der Waals surface area contributed by atoms with Gasteiger partial charge in [-0.3, -0.25) is 9.88 Å². The standard InChI is InChI=1S/C20H23F3N4O2/c1-2-27(17-9-11-26(14-17)13-15-4-3-10-24-12-15)19(28)25-16-5-7-18(8-6-16)29-20(21,22)23/h3-8,10,12,17H,2,9,11,13-14H2,1H3,(H,25,28). The zero-order valence-corrected chi connectivity index (χ0v) is 16.0. The first kappa shape index (κ1) is 20.9. The second-order valence-corrected chi connectivity index (χ2v) is 6.83. The van der Waals surface area contributed by atoms with Gasteiger partial charge in [-0.25, -0.2) is 4.79 Å². The molecule has 0 bridgehead atoms. The number of carbonyl (C=O) groups excluding carboxylic acids is 1. The number of amides is 2. The molecule has 1 unspecified atom stereocenters. The summed E-state index contributed by atoms with van der Waals surface area (Å²) in [5.41, 5.74) is 1.54. The lowest BCUT2D eigenvalue weighted by Gasteiger charge is -2.28. The van der Waals surface area contributed by atoms with Crippen LogP contribution >= 0.6 is 0 Å². The van der Waals surface area contributed by atoms with Gasteiger partial charge >= 0.3 is 12.4 Å². The fourth-order valence-corrected chi connectivity index (χ4v) is 3.46. The van der Waals surface area contributed by atoms with Gasteiger partial charge in [0, 0.05) is 50.3 Å². The molecule has 0 saturated carbocycles. The molecule has 1 aliphatic rings. The number of benzene rings is 1. The van der Waals surface area contributed by atoms with E-state index in [0.717, 1.165) is 31.6 Å². The number of likely N-dealkylation sites (N-methyl/N-ethyl adjacent to an activating group) is 1. The largest absolute Gasteiger partial charge is 0.573 e. The molecule has 1 aliphatic heterocycles. The average molecular weight is 408 g/mol. The first-order chi connectivity index (χ1) is 13.8. The van der Waals surface area contributed by atoms with E-state index in [-0.39, 0.29) is 17.8 Å². The molecule has 1 aromatic heterocycles. The number of nitrogens with zero attached hydrogens (tertiary/aromatic N) is 3. The van der Waals surface area contributed by atoms with Crippen molar-refractivity contribution in [3.8, 4) is 5.75 Å². The van der Waals surface area contributed by atoms with Crippen LogP contribution in [0.2, 0.25) is 0 Å². The molecule has 1 aromatic carbocycles. The number of ether oxygens (including phenoxy) is 1. The quantitative estimate of drug-likeness (QED) is 0.782. The van der Waals surface area contributed by atoms with Crippen LogP contribution in [-0.4, -0.2) is 52.9 Å². The number of likely N-dealkylation sites (tertiary alicyclic amines) is 1. The minimum atomic E-state index is -4.74. The molecule has 2 heterocycles. The molecule has 29 heavy (non-hydrogen) atoms. The molecule has 3 rings (SSSR count). The normalized spacial score (nSPS) is 17.2. The van der Waals surface area contributed by atoms with Crippen molar-refractivity contribution in [1.82, 2.24) is 14.8 Å². The van der Waals surface area contributed by atoms with Gasteiger partial charge in [-0.15, -0.1) is 13.2 Å². The van der Waals surface area contributed by atoms with Gasteiger partial charge in [0.1, 0.15) is 5.75 Å². The van der Waals surface area contributed by atoms with Crippen LogP contribution in [0.15, 0.2) is 48.8 Å². The van der Waals surface area contributed by atoms with Gasteiger partial charge in [0.05, 0.1) is 0 Å². The zero-order chi connectivity index (χ0) is 20.9. The third-order valence-corrected chi connectivity index (χ3v) is 4.76. The maximum atomic E-state index is 12.7. The van der Waals surface area contributed by atoms with E-state index in [2.05, 4.69) is 19.9 Å². The van der Waals surface area contributed by atoms with Gasteiger partial charge in [0.25, 0.3) is 0 Å². The SMILES string of the molecule is CCN(C(=O)Nc1ccc(OC(F)(F)F)cc1)C1CCN(Cc2cccnc2)C1. The summed E-state index contributed by atoms with van der Waals surface area (Å²) in [5, 5.41) is 2.75. The van der Waals surface area contributed by atoms with Crippen molar-refractivity contribution in [2.75, 3.05) is 25.0 Å². The summed E-state index contributed by atoms with van der Waals surface area (Å²) in [6.45, 7) is 4.86. The Kier molecular flexibility index (Phi) is 6.58. The average Bonchev–Trinajstić information content (AvgIpc) is 3.11. The summed E-state index contributed by atoms with van der Waals surface area (Å²) in [7, 11) is 0. The van der Waals surface area contributed by atoms with E-state index in [9.17, 15) is 18.0 Å². The maximum Gasteiger partial charge on any atom is 0.573 e. The van der Waals surface area contributed by atoms with E-state index in [0.29, 0.717) is 12.2 Å². The predicted octanol–water partition coefficient (Wildman–Crippen LogP) is 4.11. The number of aromatic nitrogens is 1. The van der Waals surface area contributed by atoms with Crippen LogP contribution in [0, 0.1) is 0 Å². The first-order valence-corrected chi connectivity index (χ1v) is 9.38. The van der Waals surface area contributed by atoms with E-state index in [1.807, 2.05) is 25.3 Å². The Morgan fingerprint density at radius 1 is 1.31 bits per heavy atom. The molecule has 2 aromatic rings. The maximum absolute atomic E-state index is 12.7. The van der Waals surface area contributed by atoms with Crippen molar-refractivity contribution in [3.63, 3.8) is 0 Å². The molecule has 0 spiro atoms. The molecule has 2 amide bonds. The van der Waals surface area contributed by atoms with Crippen LogP contribution < -0.4 is 10.1 Å². The molecule has 1 N–H and O–H groups in total. The van der Waals surface area contributed by atoms with Gasteiger partial charge < -0.3 is 15.0 Å². The summed E-state index contributed by atoms with van der Waals surface area (Å²) in [6, 6.07) is 8.84. The van der Waals surface area contributed by atoms with E-state index in [4.69, 9.17) is 0 Å². The number of nitrogens with one attached hydrogen (secondary N) is 1. The smallest absolute Gasteiger partial charge is 0.406 e. The highest BCUT2D eigenvalue weighted by Crippen LogP contribution is 2.24. The fraction of sp³-hybridized carbons (Fsp3) is 0.400. The van der Waals surface area contributed by atoms with Crippen LogP contribution in [0.25, 0.3) is 0 Å². The van der Waals surface area contributed by atoms with Crippen molar-refractivity contribution in [1.29, 1.82) is 0 Å². The second-order valence-electron chi connectivity index (χ2n) is 6.83. The summed E-state index contributed by atoms with van der Waals surface area (Å²) < 4.78 is 40.6. The molecular weight excluding hydrogens is 385 g/mol. The van der Waals surface area contributed by atoms with Crippen LogP contribution in [0.5, 0.6) is 5.75 Å². The molecule has 1 fully saturated rings. The Morgan fingerprint density at radius 3 is 2.69 bits per heavy atom. The molecule has 156 valence electrons. The minimum absolute atomic E-state index is 0.0736. The topological polar surface area (TPSA) is 57.7 Å². The van der Waals surface area contributed by atoms with Crippen molar-refractivity contribution >= 4 is 11.7 Å². The molecule has 0 radical (unpaired) electrons. The van der Waals surface area contributed by atoms with Gasteiger partial charge in [-0.1, -0.05) is 6.07 Å². The summed E-state index contributed by atoms with van der Waals surface area (Å²) >= 11 is 0. The molecule has 0 aliphatic carbocycles. The number of halogens is 3. The second kappa shape index (κ2) is 9.13. The monoisotopic (exact) mass is 408 g/mol. The highest BCUT2D eigenvalue weighted by molar-refractivity contribution is 5.89. The van der Waals surface area contributed by atoms with Crippen LogP contribution in [0.4, 0.5) is 23.7 Å². The lowest BCUT2D eigenvalue weighted by Crippen LogP contribution is -2.44. The Hall–Kier alpha value is -2.81. The Bertz CT molecular complexity index is 800. The number of anilines is 1. The number of pyridine rings is 1. The number of alkyl halides is 3. The fourth-order valence-electron chi connectivity index (χ4n) is 3.46. The van der Waals surface area contributed by atoms with E-state index in [1.165, 1.54) is 24.3 Å². The van der Waals surface area contributed by atoms with Crippen LogP contribution in [0.1, 0.15) is 18.9 Å². The Morgan fingerprint density at radius 2 is 2.07 bits per heavy atom. The zero-order valence-electron chi connectivity index (χ0n) is 16.0. The van der Waals surface area contributed by atoms with Crippen molar-refractivity contribution in [3.05, 3.63) is 54.4 Å². The van der Waals surface area contributed by atoms with Gasteiger partial charge in [0.2, 0.25) is 0 Å². The lowest BCUT2D eigenvalue weighted by molar-refractivity contribution is -0.274. The van der Waals surface area contributed by atoms with Crippen molar-refractivity contribution in [2.24, 2.45) is 0 Å². The predicted molar refractivity (Wildman–Crippen MR) is 102 cm³/mol. The number of hydrogen-bond acceptors (Lipinski definition) is 4. The number of hydrogen-bond donors (Lipinski definition) is 1. The molecule has 6 nitrogen and oxygen atoms in total. The van der Waals surface area contributed by atoms with Gasteiger partial charge in [-0.2, -0.15) is 0 Å². The van der Waals surface area contributed by atoms with Gasteiger partial charge in [-0.05, 0) is 49.2 Å². The molecule has 1 atom stereocenters. The Labute approximate surface area is 167 Å². The summed E-state index contributed by atoms with van der Waals surface area (Å²) in [6.07, 6.45) is -0.307. The highest BCUT2D eigenvalue weighted by atomic mass is 19.4. The van der Waals surface area contributed by atoms with Crippen molar-refractivity contribution in [2.45, 2.75) is 32.3 Å². The van der Waals surface area contributed by atoms with Crippen LogP contribution in [-0.2, 0) is 6.54 Å². The van der Waals surface area contributed by atoms with Crippen molar-refractivity contribution < 1.29 is 22.7 Å². The molecule has 9 heteroatoms. The summed E-state index contributed by atoms with van der Waals surface area (Å²) in [4.78, 5) is 20.8. The summed E-state index contributed by atoms with van der Waals surface area (Å²) in [5.74, 6) is -0.329. The minimum Gasteiger partial charge on any atom is -0.406 e. The molecular formula is C20H23F3N4O2. The molecule has 1 saturated heterocycles. The van der Waals surface area contributed by atoms with E-state index >= 15 is 0 Å². The van der Waals surface area contributed by atoms with Gasteiger partial charge in [0.15, 0.2) is 0 Å². The number of urea groups is 1. The number of carbonyl (C=O) groups is 1. The third kappa shape index (κ3) is 6.08. The number of rotatable bonds is 6. The van der Waals surface area contributed by atoms with Crippen LogP contribution in [0.3, 0.4) is 0 Å².